The number of rotatable bonds is 3. The SMILES string of the molecule is C#CCC(N)C(=O)N1CCCCCC1c1cccn1C. The Kier molecular flexibility index (Phi) is 4.86. The van der Waals surface area contributed by atoms with Gasteiger partial charge >= 0.3 is 0 Å². The molecule has 2 unspecified atom stereocenters. The number of hydrogen-bond donors (Lipinski definition) is 1. The average Bonchev–Trinajstić information content (AvgIpc) is 2.72. The number of aromatic nitrogens is 1. The number of nitrogens with zero attached hydrogens (tertiary/aromatic N) is 2. The highest BCUT2D eigenvalue weighted by molar-refractivity contribution is 5.82. The highest BCUT2D eigenvalue weighted by Gasteiger charge is 2.30. The quantitative estimate of drug-likeness (QED) is 0.854. The van der Waals surface area contributed by atoms with Gasteiger partial charge in [0.05, 0.1) is 12.1 Å². The van der Waals surface area contributed by atoms with Crippen molar-refractivity contribution in [3.63, 3.8) is 0 Å². The molecule has 4 nitrogen and oxygen atoms in total. The lowest BCUT2D eigenvalue weighted by molar-refractivity contribution is -0.135. The molecule has 0 spiro atoms. The Morgan fingerprint density at radius 2 is 2.35 bits per heavy atom. The van der Waals surface area contributed by atoms with Crippen LogP contribution >= 0.6 is 0 Å². The van der Waals surface area contributed by atoms with Gasteiger partial charge in [0.25, 0.3) is 0 Å². The molecule has 0 aromatic carbocycles. The van der Waals surface area contributed by atoms with E-state index in [0.29, 0.717) is 6.42 Å². The molecule has 1 amide bonds. The molecule has 2 atom stereocenters. The highest BCUT2D eigenvalue weighted by Crippen LogP contribution is 2.30. The predicted octanol–water partition coefficient (Wildman–Crippen LogP) is 1.82. The van der Waals surface area contributed by atoms with Crippen molar-refractivity contribution in [2.75, 3.05) is 6.54 Å². The van der Waals surface area contributed by atoms with E-state index in [1.54, 1.807) is 0 Å². The van der Waals surface area contributed by atoms with Crippen LogP contribution in [0, 0.1) is 12.3 Å². The van der Waals surface area contributed by atoms with Crippen molar-refractivity contribution < 1.29 is 4.79 Å². The van der Waals surface area contributed by atoms with Gasteiger partial charge in [-0.2, -0.15) is 0 Å². The van der Waals surface area contributed by atoms with Gasteiger partial charge in [-0.05, 0) is 25.0 Å². The standard InChI is InChI=1S/C16H23N3O/c1-3-8-13(17)16(20)19-12-6-4-5-9-15(19)14-10-7-11-18(14)2/h1,7,10-11,13,15H,4-6,8-9,12,17H2,2H3. The van der Waals surface area contributed by atoms with Gasteiger partial charge in [-0.15, -0.1) is 12.3 Å². The van der Waals surface area contributed by atoms with E-state index in [9.17, 15) is 4.79 Å². The third kappa shape index (κ3) is 3.05. The summed E-state index contributed by atoms with van der Waals surface area (Å²) in [6, 6.07) is 3.64. The van der Waals surface area contributed by atoms with Gasteiger partial charge < -0.3 is 15.2 Å². The van der Waals surface area contributed by atoms with Gasteiger partial charge in [0.2, 0.25) is 5.91 Å². The van der Waals surface area contributed by atoms with Gasteiger partial charge in [-0.1, -0.05) is 12.8 Å². The number of carbonyl (C=O) groups excluding carboxylic acids is 1. The number of terminal acetylenes is 1. The van der Waals surface area contributed by atoms with Crippen LogP contribution in [0.3, 0.4) is 0 Å². The molecular formula is C16H23N3O. The maximum atomic E-state index is 12.6. The van der Waals surface area contributed by atoms with Crippen LogP contribution < -0.4 is 5.73 Å². The minimum Gasteiger partial charge on any atom is -0.353 e. The van der Waals surface area contributed by atoms with Crippen LogP contribution in [-0.2, 0) is 11.8 Å². The van der Waals surface area contributed by atoms with E-state index in [-0.39, 0.29) is 11.9 Å². The molecule has 1 aromatic rings. The van der Waals surface area contributed by atoms with E-state index in [4.69, 9.17) is 12.2 Å². The second kappa shape index (κ2) is 6.62. The molecule has 0 aliphatic carbocycles. The number of aryl methyl sites for hydroxylation is 1. The Hall–Kier alpha value is -1.73. The summed E-state index contributed by atoms with van der Waals surface area (Å²) in [5, 5.41) is 0. The molecule has 1 aliphatic heterocycles. The fraction of sp³-hybridized carbons (Fsp3) is 0.562. The molecule has 2 rings (SSSR count). The van der Waals surface area contributed by atoms with Crippen molar-refractivity contribution in [2.45, 2.75) is 44.2 Å². The van der Waals surface area contributed by atoms with Crippen molar-refractivity contribution in [1.82, 2.24) is 9.47 Å². The fourth-order valence-corrected chi connectivity index (χ4v) is 2.93. The van der Waals surface area contributed by atoms with E-state index >= 15 is 0 Å². The minimum absolute atomic E-state index is 0.0175. The van der Waals surface area contributed by atoms with Crippen molar-refractivity contribution >= 4 is 5.91 Å². The van der Waals surface area contributed by atoms with E-state index in [0.717, 1.165) is 32.2 Å². The first-order valence-electron chi connectivity index (χ1n) is 7.26. The van der Waals surface area contributed by atoms with Crippen LogP contribution in [0.15, 0.2) is 18.3 Å². The van der Waals surface area contributed by atoms with Gasteiger partial charge in [0, 0.05) is 31.9 Å². The summed E-state index contributed by atoms with van der Waals surface area (Å²) < 4.78 is 2.09. The Bertz CT molecular complexity index is 500. The second-order valence-corrected chi connectivity index (χ2v) is 5.46. The summed E-state index contributed by atoms with van der Waals surface area (Å²) in [4.78, 5) is 14.5. The Morgan fingerprint density at radius 3 is 3.00 bits per heavy atom. The lowest BCUT2D eigenvalue weighted by atomic mass is 10.1. The van der Waals surface area contributed by atoms with Gasteiger partial charge in [0.15, 0.2) is 0 Å². The molecule has 20 heavy (non-hydrogen) atoms. The van der Waals surface area contributed by atoms with Crippen LogP contribution in [0.4, 0.5) is 0 Å². The summed E-state index contributed by atoms with van der Waals surface area (Å²) in [7, 11) is 2.02. The number of amides is 1. The number of likely N-dealkylation sites (tertiary alicyclic amines) is 1. The molecule has 1 fully saturated rings. The first kappa shape index (κ1) is 14.7. The zero-order valence-electron chi connectivity index (χ0n) is 12.1. The van der Waals surface area contributed by atoms with Crippen molar-refractivity contribution in [2.24, 2.45) is 12.8 Å². The van der Waals surface area contributed by atoms with Crippen LogP contribution in [0.2, 0.25) is 0 Å². The van der Waals surface area contributed by atoms with Crippen LogP contribution in [0.5, 0.6) is 0 Å². The lowest BCUT2D eigenvalue weighted by Gasteiger charge is -2.32. The first-order valence-corrected chi connectivity index (χ1v) is 7.26. The first-order chi connectivity index (χ1) is 9.65. The van der Waals surface area contributed by atoms with E-state index in [1.165, 1.54) is 5.69 Å². The minimum atomic E-state index is -0.583. The molecule has 1 aliphatic rings. The van der Waals surface area contributed by atoms with Gasteiger partial charge in [-0.3, -0.25) is 4.79 Å². The molecule has 1 saturated heterocycles. The summed E-state index contributed by atoms with van der Waals surface area (Å²) in [5.74, 6) is 2.47. The lowest BCUT2D eigenvalue weighted by Crippen LogP contribution is -2.45. The van der Waals surface area contributed by atoms with Crippen molar-refractivity contribution in [3.8, 4) is 12.3 Å². The maximum absolute atomic E-state index is 12.6. The Labute approximate surface area is 120 Å². The topological polar surface area (TPSA) is 51.3 Å². The van der Waals surface area contributed by atoms with E-state index in [2.05, 4.69) is 16.6 Å². The Balaban J connectivity index is 2.24. The third-order valence-electron chi connectivity index (χ3n) is 4.02. The molecular weight excluding hydrogens is 250 g/mol. The predicted molar refractivity (Wildman–Crippen MR) is 79.8 cm³/mol. The summed E-state index contributed by atoms with van der Waals surface area (Å²) in [6.07, 6.45) is 11.9. The summed E-state index contributed by atoms with van der Waals surface area (Å²) >= 11 is 0. The van der Waals surface area contributed by atoms with Crippen molar-refractivity contribution in [1.29, 1.82) is 0 Å². The molecule has 2 heterocycles. The van der Waals surface area contributed by atoms with Crippen molar-refractivity contribution in [3.05, 3.63) is 24.0 Å². The highest BCUT2D eigenvalue weighted by atomic mass is 16.2. The number of carbonyl (C=O) groups is 1. The van der Waals surface area contributed by atoms with Crippen LogP contribution in [0.25, 0.3) is 0 Å². The third-order valence-corrected chi connectivity index (χ3v) is 4.02. The average molecular weight is 273 g/mol. The molecule has 1 aromatic heterocycles. The van der Waals surface area contributed by atoms with Gasteiger partial charge in [-0.25, -0.2) is 0 Å². The Morgan fingerprint density at radius 1 is 1.55 bits per heavy atom. The maximum Gasteiger partial charge on any atom is 0.241 e. The van der Waals surface area contributed by atoms with Crippen LogP contribution in [-0.4, -0.2) is 28.0 Å². The zero-order chi connectivity index (χ0) is 14.5. The zero-order valence-corrected chi connectivity index (χ0v) is 12.1. The second-order valence-electron chi connectivity index (χ2n) is 5.46. The fourth-order valence-electron chi connectivity index (χ4n) is 2.93. The van der Waals surface area contributed by atoms with Crippen LogP contribution in [0.1, 0.15) is 43.8 Å². The summed E-state index contributed by atoms with van der Waals surface area (Å²) in [5.41, 5.74) is 7.10. The molecule has 108 valence electrons. The summed E-state index contributed by atoms with van der Waals surface area (Å²) in [6.45, 7) is 0.771. The van der Waals surface area contributed by atoms with E-state index in [1.807, 2.05) is 24.2 Å². The number of nitrogens with two attached hydrogens (primary N) is 1. The molecule has 0 bridgehead atoms. The molecule has 2 N–H and O–H groups in total. The number of hydrogen-bond acceptors (Lipinski definition) is 2. The molecule has 0 saturated carbocycles. The normalized spacial score (nSPS) is 21.1. The largest absolute Gasteiger partial charge is 0.353 e. The monoisotopic (exact) mass is 273 g/mol. The smallest absolute Gasteiger partial charge is 0.241 e. The van der Waals surface area contributed by atoms with Gasteiger partial charge in [0.1, 0.15) is 0 Å². The molecule has 0 radical (unpaired) electrons. The van der Waals surface area contributed by atoms with E-state index < -0.39 is 6.04 Å². The molecule has 4 heteroatoms.